The van der Waals surface area contributed by atoms with Gasteiger partial charge in [-0.15, -0.1) is 11.6 Å². The maximum absolute atomic E-state index is 5.66. The van der Waals surface area contributed by atoms with Crippen molar-refractivity contribution >= 4 is 11.6 Å². The van der Waals surface area contributed by atoms with Gasteiger partial charge in [0, 0.05) is 6.54 Å². The van der Waals surface area contributed by atoms with Gasteiger partial charge in [0.25, 0.3) is 0 Å². The van der Waals surface area contributed by atoms with Crippen LogP contribution < -0.4 is 4.74 Å². The Hall–Kier alpha value is -1.17. The number of likely N-dealkylation sites (N-methyl/N-ethyl adjacent to an activating group) is 1. The molecule has 0 aromatic heterocycles. The molecular formula is C13H16ClNO. The number of hydrogen-bond donors (Lipinski definition) is 0. The SMILES string of the molecule is CN(C)CCOc1ccccc1C#CCCl. The minimum absolute atomic E-state index is 0.339. The highest BCUT2D eigenvalue weighted by Crippen LogP contribution is 2.16. The second kappa shape index (κ2) is 7.16. The highest BCUT2D eigenvalue weighted by atomic mass is 35.5. The summed E-state index contributed by atoms with van der Waals surface area (Å²) < 4.78 is 5.66. The fourth-order valence-corrected chi connectivity index (χ4v) is 1.23. The number of alkyl halides is 1. The minimum atomic E-state index is 0.339. The van der Waals surface area contributed by atoms with E-state index in [4.69, 9.17) is 16.3 Å². The van der Waals surface area contributed by atoms with Crippen LogP contribution in [-0.4, -0.2) is 38.0 Å². The average Bonchev–Trinajstić information content (AvgIpc) is 2.27. The quantitative estimate of drug-likeness (QED) is 0.588. The summed E-state index contributed by atoms with van der Waals surface area (Å²) in [6.07, 6.45) is 0. The third-order valence-electron chi connectivity index (χ3n) is 1.97. The van der Waals surface area contributed by atoms with Gasteiger partial charge >= 0.3 is 0 Å². The Morgan fingerprint density at radius 2 is 2.06 bits per heavy atom. The van der Waals surface area contributed by atoms with E-state index in [0.29, 0.717) is 12.5 Å². The number of nitrogens with zero attached hydrogens (tertiary/aromatic N) is 1. The van der Waals surface area contributed by atoms with Gasteiger partial charge in [-0.3, -0.25) is 0 Å². The van der Waals surface area contributed by atoms with E-state index in [0.717, 1.165) is 17.9 Å². The van der Waals surface area contributed by atoms with Crippen LogP contribution in [0.25, 0.3) is 0 Å². The normalized spacial score (nSPS) is 9.75. The number of rotatable bonds is 4. The van der Waals surface area contributed by atoms with Crippen molar-refractivity contribution in [2.24, 2.45) is 0 Å². The second-order valence-corrected chi connectivity index (χ2v) is 3.85. The zero-order valence-corrected chi connectivity index (χ0v) is 10.4. The van der Waals surface area contributed by atoms with E-state index >= 15 is 0 Å². The molecule has 0 aliphatic rings. The molecule has 0 atom stereocenters. The third kappa shape index (κ3) is 4.57. The zero-order chi connectivity index (χ0) is 11.8. The van der Waals surface area contributed by atoms with Crippen LogP contribution in [0.4, 0.5) is 0 Å². The number of hydrogen-bond acceptors (Lipinski definition) is 2. The molecule has 0 fully saturated rings. The second-order valence-electron chi connectivity index (χ2n) is 3.58. The van der Waals surface area contributed by atoms with Gasteiger partial charge < -0.3 is 9.64 Å². The lowest BCUT2D eigenvalue weighted by atomic mass is 10.2. The highest BCUT2D eigenvalue weighted by Gasteiger charge is 1.99. The maximum Gasteiger partial charge on any atom is 0.134 e. The number of benzene rings is 1. The van der Waals surface area contributed by atoms with Crippen LogP contribution in [0, 0.1) is 11.8 Å². The van der Waals surface area contributed by atoms with Gasteiger partial charge in [-0.25, -0.2) is 0 Å². The van der Waals surface area contributed by atoms with Crippen molar-refractivity contribution in [3.63, 3.8) is 0 Å². The van der Waals surface area contributed by atoms with Crippen molar-refractivity contribution in [3.05, 3.63) is 29.8 Å². The first kappa shape index (κ1) is 12.9. The number of ether oxygens (including phenoxy) is 1. The van der Waals surface area contributed by atoms with Crippen LogP contribution in [0.2, 0.25) is 0 Å². The summed E-state index contributed by atoms with van der Waals surface area (Å²) in [5, 5.41) is 0. The highest BCUT2D eigenvalue weighted by molar-refractivity contribution is 6.19. The smallest absolute Gasteiger partial charge is 0.134 e. The van der Waals surface area contributed by atoms with Crippen molar-refractivity contribution in [1.29, 1.82) is 0 Å². The average molecular weight is 238 g/mol. The van der Waals surface area contributed by atoms with Crippen molar-refractivity contribution in [2.45, 2.75) is 0 Å². The molecule has 0 N–H and O–H groups in total. The largest absolute Gasteiger partial charge is 0.491 e. The summed E-state index contributed by atoms with van der Waals surface area (Å²) in [6.45, 7) is 1.55. The molecule has 0 aliphatic carbocycles. The van der Waals surface area contributed by atoms with Crippen LogP contribution in [0.15, 0.2) is 24.3 Å². The molecule has 0 saturated heterocycles. The van der Waals surface area contributed by atoms with Crippen molar-refractivity contribution < 1.29 is 4.74 Å². The maximum atomic E-state index is 5.66. The molecule has 1 aromatic rings. The van der Waals surface area contributed by atoms with Gasteiger partial charge in [0.2, 0.25) is 0 Å². The first-order valence-corrected chi connectivity index (χ1v) is 5.69. The lowest BCUT2D eigenvalue weighted by Gasteiger charge is -2.11. The fraction of sp³-hybridized carbons (Fsp3) is 0.385. The lowest BCUT2D eigenvalue weighted by Crippen LogP contribution is -2.19. The number of halogens is 1. The van der Waals surface area contributed by atoms with Crippen LogP contribution in [0.1, 0.15) is 5.56 Å². The zero-order valence-electron chi connectivity index (χ0n) is 9.66. The summed E-state index contributed by atoms with van der Waals surface area (Å²) in [6, 6.07) is 7.74. The van der Waals surface area contributed by atoms with Crippen molar-refractivity contribution in [3.8, 4) is 17.6 Å². The molecule has 0 radical (unpaired) electrons. The predicted octanol–water partition coefficient (Wildman–Crippen LogP) is 2.22. The first-order chi connectivity index (χ1) is 7.74. The monoisotopic (exact) mass is 237 g/mol. The first-order valence-electron chi connectivity index (χ1n) is 5.15. The molecule has 0 bridgehead atoms. The van der Waals surface area contributed by atoms with Crippen molar-refractivity contribution in [1.82, 2.24) is 4.90 Å². The molecule has 16 heavy (non-hydrogen) atoms. The molecule has 0 saturated carbocycles. The Morgan fingerprint density at radius 3 is 2.75 bits per heavy atom. The van der Waals surface area contributed by atoms with E-state index < -0.39 is 0 Å². The van der Waals surface area contributed by atoms with Crippen LogP contribution >= 0.6 is 11.6 Å². The molecule has 0 spiro atoms. The van der Waals surface area contributed by atoms with Gasteiger partial charge in [-0.05, 0) is 26.2 Å². The van der Waals surface area contributed by atoms with Crippen LogP contribution in [0.5, 0.6) is 5.75 Å². The van der Waals surface area contributed by atoms with E-state index in [9.17, 15) is 0 Å². The molecule has 1 rings (SSSR count). The molecule has 0 amide bonds. The topological polar surface area (TPSA) is 12.5 Å². The Balaban J connectivity index is 2.64. The molecule has 86 valence electrons. The summed E-state index contributed by atoms with van der Waals surface area (Å²) >= 11 is 5.53. The Morgan fingerprint density at radius 1 is 1.31 bits per heavy atom. The fourth-order valence-electron chi connectivity index (χ4n) is 1.16. The third-order valence-corrected chi connectivity index (χ3v) is 2.11. The molecule has 1 aromatic carbocycles. The molecule has 2 nitrogen and oxygen atoms in total. The van der Waals surface area contributed by atoms with Gasteiger partial charge in [0.15, 0.2) is 0 Å². The summed E-state index contributed by atoms with van der Waals surface area (Å²) in [5.74, 6) is 6.97. The van der Waals surface area contributed by atoms with E-state index in [2.05, 4.69) is 16.7 Å². The summed E-state index contributed by atoms with van der Waals surface area (Å²) in [7, 11) is 4.03. The van der Waals surface area contributed by atoms with E-state index in [1.165, 1.54) is 0 Å². The van der Waals surface area contributed by atoms with Crippen molar-refractivity contribution in [2.75, 3.05) is 33.1 Å². The molecular weight excluding hydrogens is 222 g/mol. The Kier molecular flexibility index (Phi) is 5.77. The molecule has 3 heteroatoms. The summed E-state index contributed by atoms with van der Waals surface area (Å²) in [4.78, 5) is 2.08. The van der Waals surface area contributed by atoms with E-state index in [1.54, 1.807) is 0 Å². The lowest BCUT2D eigenvalue weighted by molar-refractivity contribution is 0.261. The number of para-hydroxylation sites is 1. The van der Waals surface area contributed by atoms with Crippen LogP contribution in [0.3, 0.4) is 0 Å². The Bertz CT molecular complexity index is 379. The molecule has 0 heterocycles. The molecule has 0 unspecified atom stereocenters. The van der Waals surface area contributed by atoms with E-state index in [-0.39, 0.29) is 0 Å². The molecule has 0 aliphatic heterocycles. The van der Waals surface area contributed by atoms with Crippen LogP contribution in [-0.2, 0) is 0 Å². The van der Waals surface area contributed by atoms with Gasteiger partial charge in [0.05, 0.1) is 11.4 Å². The predicted molar refractivity (Wildman–Crippen MR) is 68.1 cm³/mol. The van der Waals surface area contributed by atoms with E-state index in [1.807, 2.05) is 38.4 Å². The van der Waals surface area contributed by atoms with Gasteiger partial charge in [-0.2, -0.15) is 0 Å². The summed E-state index contributed by atoms with van der Waals surface area (Å²) in [5.41, 5.74) is 0.891. The van der Waals surface area contributed by atoms with Gasteiger partial charge in [-0.1, -0.05) is 24.0 Å². The minimum Gasteiger partial charge on any atom is -0.491 e. The van der Waals surface area contributed by atoms with Gasteiger partial charge in [0.1, 0.15) is 12.4 Å². The Labute approximate surface area is 102 Å². The standard InChI is InChI=1S/C13H16ClNO/c1-15(2)10-11-16-13-8-4-3-6-12(13)7-5-9-14/h3-4,6,8H,9-11H2,1-2H3.